The minimum atomic E-state index is -0.299. The Hall–Kier alpha value is -1.79. The number of anilines is 2. The van der Waals surface area contributed by atoms with Crippen LogP contribution >= 0.6 is 27.5 Å². The molecular weight excluding hydrogens is 346 g/mol. The van der Waals surface area contributed by atoms with Gasteiger partial charge in [0.15, 0.2) is 6.61 Å². The number of nitrogens with two attached hydrogens (primary N) is 1. The Labute approximate surface area is 129 Å². The number of nitrogens with zero attached hydrogens (tertiary/aromatic N) is 1. The van der Waals surface area contributed by atoms with Gasteiger partial charge in [0.2, 0.25) is 0 Å². The highest BCUT2D eigenvalue weighted by atomic mass is 79.9. The van der Waals surface area contributed by atoms with Gasteiger partial charge in [-0.2, -0.15) is 0 Å². The van der Waals surface area contributed by atoms with Gasteiger partial charge in [0.25, 0.3) is 5.91 Å². The zero-order valence-electron chi connectivity index (χ0n) is 10.3. The highest BCUT2D eigenvalue weighted by Crippen LogP contribution is 2.22. The number of carbonyl (C=O) groups is 1. The predicted molar refractivity (Wildman–Crippen MR) is 81.9 cm³/mol. The maximum absolute atomic E-state index is 11.7. The molecule has 0 atom stereocenters. The molecule has 2 aromatic rings. The van der Waals surface area contributed by atoms with Crippen molar-refractivity contribution in [3.05, 3.63) is 46.2 Å². The zero-order valence-corrected chi connectivity index (χ0v) is 12.6. The fourth-order valence-electron chi connectivity index (χ4n) is 1.44. The second-order valence-corrected chi connectivity index (χ2v) is 5.23. The SMILES string of the molecule is Nc1cc(NC(=O)COc2cncc(Br)c2)ccc1Cl. The van der Waals surface area contributed by atoms with Gasteiger partial charge in [-0.1, -0.05) is 11.6 Å². The number of rotatable bonds is 4. The van der Waals surface area contributed by atoms with Crippen LogP contribution in [0.3, 0.4) is 0 Å². The van der Waals surface area contributed by atoms with Gasteiger partial charge >= 0.3 is 0 Å². The van der Waals surface area contributed by atoms with E-state index in [1.165, 1.54) is 6.20 Å². The van der Waals surface area contributed by atoms with Crippen molar-refractivity contribution in [2.75, 3.05) is 17.7 Å². The Morgan fingerprint density at radius 3 is 2.90 bits per heavy atom. The van der Waals surface area contributed by atoms with Gasteiger partial charge in [0.1, 0.15) is 5.75 Å². The summed E-state index contributed by atoms with van der Waals surface area (Å²) in [4.78, 5) is 15.7. The van der Waals surface area contributed by atoms with Crippen molar-refractivity contribution >= 4 is 44.8 Å². The van der Waals surface area contributed by atoms with Crippen molar-refractivity contribution in [2.24, 2.45) is 0 Å². The molecule has 1 heterocycles. The van der Waals surface area contributed by atoms with Gasteiger partial charge in [-0.3, -0.25) is 9.78 Å². The van der Waals surface area contributed by atoms with Crippen LogP contribution in [0.25, 0.3) is 0 Å². The number of hydrogen-bond donors (Lipinski definition) is 2. The summed E-state index contributed by atoms with van der Waals surface area (Å²) in [5, 5.41) is 3.10. The average Bonchev–Trinajstić information content (AvgIpc) is 2.41. The predicted octanol–water partition coefficient (Wildman–Crippen LogP) is 3.10. The number of amides is 1. The van der Waals surface area contributed by atoms with Gasteiger partial charge < -0.3 is 15.8 Å². The second-order valence-electron chi connectivity index (χ2n) is 3.91. The normalized spacial score (nSPS) is 10.1. The van der Waals surface area contributed by atoms with Gasteiger partial charge in [0, 0.05) is 16.4 Å². The van der Waals surface area contributed by atoms with E-state index in [0.29, 0.717) is 22.1 Å². The van der Waals surface area contributed by atoms with E-state index in [2.05, 4.69) is 26.2 Å². The topological polar surface area (TPSA) is 77.2 Å². The lowest BCUT2D eigenvalue weighted by molar-refractivity contribution is -0.118. The summed E-state index contributed by atoms with van der Waals surface area (Å²) >= 11 is 9.07. The minimum Gasteiger partial charge on any atom is -0.482 e. The minimum absolute atomic E-state index is 0.124. The van der Waals surface area contributed by atoms with Crippen molar-refractivity contribution in [3.8, 4) is 5.75 Å². The molecule has 0 aliphatic carbocycles. The summed E-state index contributed by atoms with van der Waals surface area (Å²) in [6.07, 6.45) is 3.15. The zero-order chi connectivity index (χ0) is 14.5. The van der Waals surface area contributed by atoms with E-state index in [1.807, 2.05) is 0 Å². The van der Waals surface area contributed by atoms with Gasteiger partial charge in [-0.25, -0.2) is 0 Å². The molecule has 0 saturated heterocycles. The summed E-state index contributed by atoms with van der Waals surface area (Å²) in [5.74, 6) is 0.205. The number of ether oxygens (including phenoxy) is 1. The molecule has 20 heavy (non-hydrogen) atoms. The molecular formula is C13H11BrClN3O2. The van der Waals surface area contributed by atoms with Crippen LogP contribution in [0.4, 0.5) is 11.4 Å². The molecule has 0 saturated carbocycles. The molecule has 0 radical (unpaired) electrons. The smallest absolute Gasteiger partial charge is 0.262 e. The third-order valence-electron chi connectivity index (χ3n) is 2.33. The number of nitrogens with one attached hydrogen (secondary N) is 1. The second kappa shape index (κ2) is 6.58. The van der Waals surface area contributed by atoms with Crippen LogP contribution in [0.5, 0.6) is 5.75 Å². The molecule has 0 unspecified atom stereocenters. The third-order valence-corrected chi connectivity index (χ3v) is 3.11. The number of carbonyl (C=O) groups excluding carboxylic acids is 1. The Balaban J connectivity index is 1.91. The third kappa shape index (κ3) is 4.11. The first-order chi connectivity index (χ1) is 9.54. The summed E-state index contributed by atoms with van der Waals surface area (Å²) in [7, 11) is 0. The number of halogens is 2. The summed E-state index contributed by atoms with van der Waals surface area (Å²) < 4.78 is 6.09. The fraction of sp³-hybridized carbons (Fsp3) is 0.0769. The Morgan fingerprint density at radius 2 is 2.20 bits per heavy atom. The van der Waals surface area contributed by atoms with E-state index < -0.39 is 0 Å². The van der Waals surface area contributed by atoms with Crippen LogP contribution in [0, 0.1) is 0 Å². The summed E-state index contributed by atoms with van der Waals surface area (Å²) in [6.45, 7) is -0.124. The molecule has 0 fully saturated rings. The van der Waals surface area contributed by atoms with E-state index in [0.717, 1.165) is 4.47 Å². The maximum atomic E-state index is 11.7. The van der Waals surface area contributed by atoms with Crippen molar-refractivity contribution in [3.63, 3.8) is 0 Å². The molecule has 1 aromatic carbocycles. The van der Waals surface area contributed by atoms with Crippen LogP contribution in [-0.2, 0) is 4.79 Å². The van der Waals surface area contributed by atoms with Crippen molar-refractivity contribution in [1.82, 2.24) is 4.98 Å². The number of benzene rings is 1. The number of pyridine rings is 1. The molecule has 1 amide bonds. The number of aromatic nitrogens is 1. The first-order valence-electron chi connectivity index (χ1n) is 5.63. The molecule has 5 nitrogen and oxygen atoms in total. The van der Waals surface area contributed by atoms with Gasteiger partial charge in [-0.05, 0) is 40.2 Å². The lowest BCUT2D eigenvalue weighted by Crippen LogP contribution is -2.20. The highest BCUT2D eigenvalue weighted by molar-refractivity contribution is 9.10. The summed E-state index contributed by atoms with van der Waals surface area (Å²) in [6, 6.07) is 6.59. The molecule has 3 N–H and O–H groups in total. The van der Waals surface area contributed by atoms with Crippen LogP contribution in [0.2, 0.25) is 5.02 Å². The fourth-order valence-corrected chi connectivity index (χ4v) is 1.90. The quantitative estimate of drug-likeness (QED) is 0.825. The number of nitrogen functional groups attached to an aromatic ring is 1. The molecule has 104 valence electrons. The maximum Gasteiger partial charge on any atom is 0.262 e. The van der Waals surface area contributed by atoms with Crippen LogP contribution < -0.4 is 15.8 Å². The molecule has 0 aliphatic heterocycles. The largest absolute Gasteiger partial charge is 0.482 e. The van der Waals surface area contributed by atoms with Crippen LogP contribution in [0.15, 0.2) is 41.1 Å². The Kier molecular flexibility index (Phi) is 4.81. The van der Waals surface area contributed by atoms with Crippen molar-refractivity contribution in [2.45, 2.75) is 0 Å². The van der Waals surface area contributed by atoms with Crippen LogP contribution in [0.1, 0.15) is 0 Å². The standard InChI is InChI=1S/C13H11BrClN3O2/c14-8-3-10(6-17-5-8)20-7-13(19)18-9-1-2-11(15)12(16)4-9/h1-6H,7,16H2,(H,18,19). The molecule has 0 aliphatic rings. The highest BCUT2D eigenvalue weighted by Gasteiger charge is 2.05. The van der Waals surface area contributed by atoms with E-state index >= 15 is 0 Å². The molecule has 2 rings (SSSR count). The van der Waals surface area contributed by atoms with Crippen LogP contribution in [-0.4, -0.2) is 17.5 Å². The van der Waals surface area contributed by atoms with Gasteiger partial charge in [-0.15, -0.1) is 0 Å². The Bertz CT molecular complexity index is 637. The first kappa shape index (κ1) is 14.6. The van der Waals surface area contributed by atoms with E-state index in [9.17, 15) is 4.79 Å². The van der Waals surface area contributed by atoms with Gasteiger partial charge in [0.05, 0.1) is 16.9 Å². The van der Waals surface area contributed by atoms with E-state index in [1.54, 1.807) is 30.5 Å². The molecule has 0 spiro atoms. The lowest BCUT2D eigenvalue weighted by Gasteiger charge is -2.08. The monoisotopic (exact) mass is 355 g/mol. The van der Waals surface area contributed by atoms with Crippen molar-refractivity contribution in [1.29, 1.82) is 0 Å². The molecule has 1 aromatic heterocycles. The first-order valence-corrected chi connectivity index (χ1v) is 6.80. The average molecular weight is 357 g/mol. The van der Waals surface area contributed by atoms with E-state index in [-0.39, 0.29) is 12.5 Å². The summed E-state index contributed by atoms with van der Waals surface area (Å²) in [5.41, 5.74) is 6.62. The molecule has 7 heteroatoms. The Morgan fingerprint density at radius 1 is 1.40 bits per heavy atom. The molecule has 0 bridgehead atoms. The lowest BCUT2D eigenvalue weighted by atomic mass is 10.3. The number of hydrogen-bond acceptors (Lipinski definition) is 4. The van der Waals surface area contributed by atoms with Crippen molar-refractivity contribution < 1.29 is 9.53 Å². The van der Waals surface area contributed by atoms with E-state index in [4.69, 9.17) is 22.1 Å².